The molecule has 0 aliphatic rings. The molecule has 0 saturated heterocycles. The maximum Gasteiger partial charge on any atom is 0.156 e. The van der Waals surface area contributed by atoms with E-state index >= 15 is 0 Å². The van der Waals surface area contributed by atoms with Crippen molar-refractivity contribution in [1.29, 1.82) is 5.26 Å². The minimum atomic E-state index is -0.722. The van der Waals surface area contributed by atoms with Crippen molar-refractivity contribution in [2.45, 2.75) is 20.4 Å². The van der Waals surface area contributed by atoms with Crippen LogP contribution in [0.25, 0.3) is 38.9 Å². The maximum absolute atomic E-state index is 14.9. The third kappa shape index (κ3) is 3.62. The lowest BCUT2D eigenvalue weighted by atomic mass is 9.98. The molecule has 7 heteroatoms. The fraction of sp³-hybridized carbons (Fsp3) is 0.185. The lowest BCUT2D eigenvalue weighted by Gasteiger charge is -2.15. The van der Waals surface area contributed by atoms with Crippen molar-refractivity contribution in [2.24, 2.45) is 0 Å². The number of imidazole rings is 1. The number of H-pyrrole nitrogens is 1. The van der Waals surface area contributed by atoms with Gasteiger partial charge in [-0.15, -0.1) is 0 Å². The van der Waals surface area contributed by atoms with Gasteiger partial charge < -0.3 is 4.98 Å². The summed E-state index contributed by atoms with van der Waals surface area (Å²) in [4.78, 5) is 10.3. The Morgan fingerprint density at radius 3 is 2.56 bits per heavy atom. The van der Waals surface area contributed by atoms with E-state index in [4.69, 9.17) is 4.98 Å². The second-order valence-electron chi connectivity index (χ2n) is 8.19. The summed E-state index contributed by atoms with van der Waals surface area (Å²) in [6.07, 6.45) is 3.84. The van der Waals surface area contributed by atoms with E-state index in [1.54, 1.807) is 6.07 Å². The zero-order valence-corrected chi connectivity index (χ0v) is 18.9. The van der Waals surface area contributed by atoms with Crippen LogP contribution in [0.15, 0.2) is 60.9 Å². The summed E-state index contributed by atoms with van der Waals surface area (Å²) in [5, 5.41) is 11.1. The molecule has 0 radical (unpaired) electrons. The number of halogens is 2. The number of nitrogens with one attached hydrogen (secondary N) is 1. The van der Waals surface area contributed by atoms with Gasteiger partial charge in [0, 0.05) is 52.6 Å². The van der Waals surface area contributed by atoms with Gasteiger partial charge in [-0.25, -0.2) is 13.8 Å². The molecule has 5 rings (SSSR count). The number of hydrogen-bond acceptors (Lipinski definition) is 3. The SMILES string of the molecule is CCN(CC)Cc1cn2c(-c3c[nH]c4ccccc34)cc(-c3ccc(F)cc3F)c(C#N)c2n1. The topological polar surface area (TPSA) is 60.1 Å². The first-order valence-electron chi connectivity index (χ1n) is 11.2. The molecule has 1 N–H and O–H groups in total. The van der Waals surface area contributed by atoms with Crippen molar-refractivity contribution in [3.05, 3.63) is 83.8 Å². The number of rotatable bonds is 6. The summed E-state index contributed by atoms with van der Waals surface area (Å²) in [6, 6.07) is 15.3. The molecule has 0 atom stereocenters. The van der Waals surface area contributed by atoms with E-state index in [0.29, 0.717) is 17.8 Å². The van der Waals surface area contributed by atoms with E-state index < -0.39 is 11.6 Å². The van der Waals surface area contributed by atoms with E-state index in [2.05, 4.69) is 29.8 Å². The van der Waals surface area contributed by atoms with Crippen molar-refractivity contribution in [1.82, 2.24) is 19.3 Å². The first-order valence-corrected chi connectivity index (χ1v) is 11.2. The molecule has 5 aromatic rings. The second kappa shape index (κ2) is 8.73. The number of nitriles is 1. The maximum atomic E-state index is 14.9. The molecular weight excluding hydrogens is 432 g/mol. The number of aromatic nitrogens is 3. The van der Waals surface area contributed by atoms with Crippen LogP contribution >= 0.6 is 0 Å². The van der Waals surface area contributed by atoms with Crippen LogP contribution in [0.3, 0.4) is 0 Å². The number of aromatic amines is 1. The van der Waals surface area contributed by atoms with Gasteiger partial charge in [-0.05, 0) is 37.4 Å². The monoisotopic (exact) mass is 455 g/mol. The van der Waals surface area contributed by atoms with Gasteiger partial charge in [0.1, 0.15) is 23.3 Å². The van der Waals surface area contributed by atoms with Gasteiger partial charge in [-0.3, -0.25) is 9.30 Å². The van der Waals surface area contributed by atoms with E-state index in [9.17, 15) is 14.0 Å². The molecule has 0 fully saturated rings. The highest BCUT2D eigenvalue weighted by Gasteiger charge is 2.21. The Labute approximate surface area is 195 Å². The summed E-state index contributed by atoms with van der Waals surface area (Å²) < 4.78 is 30.4. The Morgan fingerprint density at radius 1 is 1.03 bits per heavy atom. The predicted octanol–water partition coefficient (Wildman–Crippen LogP) is 6.14. The molecule has 0 aliphatic heterocycles. The van der Waals surface area contributed by atoms with Gasteiger partial charge in [-0.1, -0.05) is 32.0 Å². The van der Waals surface area contributed by atoms with Crippen LogP contribution in [0.1, 0.15) is 25.1 Å². The highest BCUT2D eigenvalue weighted by Crippen LogP contribution is 2.36. The van der Waals surface area contributed by atoms with Crippen molar-refractivity contribution in [2.75, 3.05) is 13.1 Å². The lowest BCUT2D eigenvalue weighted by molar-refractivity contribution is 0.293. The Bertz CT molecular complexity index is 1550. The number of hydrogen-bond donors (Lipinski definition) is 1. The average molecular weight is 456 g/mol. The number of para-hydroxylation sites is 1. The van der Waals surface area contributed by atoms with Crippen LogP contribution in [0.4, 0.5) is 8.78 Å². The average Bonchev–Trinajstić information content (AvgIpc) is 3.46. The summed E-state index contributed by atoms with van der Waals surface area (Å²) in [5.41, 5.74) is 4.70. The van der Waals surface area contributed by atoms with Crippen LogP contribution in [0, 0.1) is 23.0 Å². The van der Waals surface area contributed by atoms with E-state index in [1.807, 2.05) is 41.1 Å². The quantitative estimate of drug-likeness (QED) is 0.334. The summed E-state index contributed by atoms with van der Waals surface area (Å²) >= 11 is 0. The van der Waals surface area contributed by atoms with Crippen molar-refractivity contribution in [3.63, 3.8) is 0 Å². The molecule has 2 aromatic carbocycles. The highest BCUT2D eigenvalue weighted by atomic mass is 19.1. The van der Waals surface area contributed by atoms with Gasteiger partial charge in [0.05, 0.1) is 11.4 Å². The van der Waals surface area contributed by atoms with E-state index in [1.165, 1.54) is 12.1 Å². The van der Waals surface area contributed by atoms with E-state index in [0.717, 1.165) is 47.0 Å². The fourth-order valence-electron chi connectivity index (χ4n) is 4.46. The number of fused-ring (bicyclic) bond motifs is 2. The van der Waals surface area contributed by atoms with Crippen molar-refractivity contribution >= 4 is 16.6 Å². The lowest BCUT2D eigenvalue weighted by Crippen LogP contribution is -2.22. The molecule has 0 bridgehead atoms. The molecule has 0 amide bonds. The number of benzene rings is 2. The third-order valence-corrected chi connectivity index (χ3v) is 6.27. The number of nitrogens with zero attached hydrogens (tertiary/aromatic N) is 4. The zero-order valence-electron chi connectivity index (χ0n) is 18.9. The summed E-state index contributed by atoms with van der Waals surface area (Å²) in [7, 11) is 0. The minimum Gasteiger partial charge on any atom is -0.360 e. The second-order valence-corrected chi connectivity index (χ2v) is 8.19. The first-order chi connectivity index (χ1) is 16.5. The fourth-order valence-corrected chi connectivity index (χ4v) is 4.46. The molecular formula is C27H23F2N5. The third-order valence-electron chi connectivity index (χ3n) is 6.27. The summed E-state index contributed by atoms with van der Waals surface area (Å²) in [5.74, 6) is -1.39. The summed E-state index contributed by atoms with van der Waals surface area (Å²) in [6.45, 7) is 6.56. The normalized spacial score (nSPS) is 11.5. The van der Waals surface area contributed by atoms with Gasteiger partial charge in [0.15, 0.2) is 5.65 Å². The van der Waals surface area contributed by atoms with Crippen molar-refractivity contribution in [3.8, 4) is 28.5 Å². The molecule has 0 aliphatic carbocycles. The Balaban J connectivity index is 1.83. The smallest absolute Gasteiger partial charge is 0.156 e. The molecule has 0 unspecified atom stereocenters. The van der Waals surface area contributed by atoms with Crippen LogP contribution in [0.5, 0.6) is 0 Å². The highest BCUT2D eigenvalue weighted by molar-refractivity contribution is 5.96. The standard InChI is InChI=1S/C27H23F2N5/c1-3-33(4-2)15-18-16-34-26(23-14-31-25-8-6-5-7-20(23)25)12-21(22(13-30)27(34)32-18)19-10-9-17(28)11-24(19)29/h5-12,14,16,31H,3-4,15H2,1-2H3. The van der Waals surface area contributed by atoms with Crippen LogP contribution < -0.4 is 0 Å². The Hall–Kier alpha value is -4.02. The molecule has 3 aromatic heterocycles. The number of pyridine rings is 1. The molecule has 170 valence electrons. The molecule has 3 heterocycles. The minimum absolute atomic E-state index is 0.162. The Kier molecular flexibility index (Phi) is 5.60. The largest absolute Gasteiger partial charge is 0.360 e. The van der Waals surface area contributed by atoms with Gasteiger partial charge >= 0.3 is 0 Å². The van der Waals surface area contributed by atoms with Crippen LogP contribution in [-0.2, 0) is 6.54 Å². The van der Waals surface area contributed by atoms with Crippen molar-refractivity contribution < 1.29 is 8.78 Å². The van der Waals surface area contributed by atoms with E-state index in [-0.39, 0.29) is 11.1 Å². The Morgan fingerprint density at radius 2 is 1.82 bits per heavy atom. The molecule has 34 heavy (non-hydrogen) atoms. The molecule has 0 saturated carbocycles. The van der Waals surface area contributed by atoms with Gasteiger partial charge in [0.25, 0.3) is 0 Å². The zero-order chi connectivity index (χ0) is 23.8. The van der Waals surface area contributed by atoms with Gasteiger partial charge in [-0.2, -0.15) is 5.26 Å². The van der Waals surface area contributed by atoms with Crippen LogP contribution in [-0.4, -0.2) is 32.4 Å². The molecule has 5 nitrogen and oxygen atoms in total. The predicted molar refractivity (Wildman–Crippen MR) is 129 cm³/mol. The molecule has 0 spiro atoms. The van der Waals surface area contributed by atoms with Crippen LogP contribution in [0.2, 0.25) is 0 Å². The first kappa shape index (κ1) is 21.8. The van der Waals surface area contributed by atoms with Gasteiger partial charge in [0.2, 0.25) is 0 Å².